The lowest BCUT2D eigenvalue weighted by molar-refractivity contribution is 1.71. The monoisotopic (exact) mass is 149 g/mol. The lowest BCUT2D eigenvalue weighted by Gasteiger charge is -1.96. The van der Waals surface area contributed by atoms with Gasteiger partial charge in [-0.15, -0.1) is 0 Å². The Morgan fingerprint density at radius 1 is 0.833 bits per heavy atom. The Balaban J connectivity index is 2.47. The first-order valence-corrected chi connectivity index (χ1v) is 3.90. The fourth-order valence-corrected chi connectivity index (χ4v) is 1.59. The molecule has 0 fully saturated rings. The Morgan fingerprint density at radius 3 is 2.00 bits per heavy atom. The van der Waals surface area contributed by atoms with Crippen LogP contribution in [0.3, 0.4) is 0 Å². The molecule has 0 heterocycles. The van der Waals surface area contributed by atoms with Crippen LogP contribution in [0.1, 0.15) is 0 Å². The third-order valence-electron chi connectivity index (χ3n) is 2.15. The third-order valence-corrected chi connectivity index (χ3v) is 2.15. The van der Waals surface area contributed by atoms with Gasteiger partial charge in [0.15, 0.2) is 0 Å². The summed E-state index contributed by atoms with van der Waals surface area (Å²) in [5.41, 5.74) is 4.60. The molecule has 3 radical (unpaired) electrons. The summed E-state index contributed by atoms with van der Waals surface area (Å²) in [7, 11) is 0. The second-order valence-electron chi connectivity index (χ2n) is 2.85. The predicted octanol–water partition coefficient (Wildman–Crippen LogP) is 2.73. The summed E-state index contributed by atoms with van der Waals surface area (Å²) in [6.07, 6.45) is 0. The van der Waals surface area contributed by atoms with Crippen LogP contribution in [0.2, 0.25) is 0 Å². The predicted molar refractivity (Wildman–Crippen MR) is 47.4 cm³/mol. The molecule has 2 aromatic rings. The van der Waals surface area contributed by atoms with Gasteiger partial charge in [-0.1, -0.05) is 24.3 Å². The molecule has 0 unspecified atom stereocenters. The highest BCUT2D eigenvalue weighted by atomic mass is 14.2. The standard InChI is InChI=1S/C12H5/c1-2-7-12-10-5-3-4-9(8-10)11(12)6-1/h1-3,6-7H. The van der Waals surface area contributed by atoms with Crippen molar-refractivity contribution in [2.75, 3.05) is 0 Å². The Labute approximate surface area is 71.5 Å². The van der Waals surface area contributed by atoms with Gasteiger partial charge in [0, 0.05) is 0 Å². The number of hydrogen-bond acceptors (Lipinski definition) is 0. The van der Waals surface area contributed by atoms with E-state index in [1.54, 1.807) is 0 Å². The average Bonchev–Trinajstić information content (AvgIpc) is 2.41. The molecule has 12 heavy (non-hydrogen) atoms. The van der Waals surface area contributed by atoms with Gasteiger partial charge in [0.25, 0.3) is 0 Å². The Hall–Kier alpha value is -1.56. The molecule has 0 nitrogen and oxygen atoms in total. The van der Waals surface area contributed by atoms with Gasteiger partial charge in [-0.2, -0.15) is 0 Å². The quantitative estimate of drug-likeness (QED) is 0.461. The molecular weight excluding hydrogens is 144 g/mol. The van der Waals surface area contributed by atoms with Gasteiger partial charge in [-0.3, -0.25) is 0 Å². The van der Waals surface area contributed by atoms with Crippen LogP contribution in [0.4, 0.5) is 0 Å². The summed E-state index contributed by atoms with van der Waals surface area (Å²) in [4.78, 5) is 0. The van der Waals surface area contributed by atoms with Gasteiger partial charge in [0.05, 0.1) is 0 Å². The van der Waals surface area contributed by atoms with Crippen LogP contribution in [-0.4, -0.2) is 0 Å². The van der Waals surface area contributed by atoms with Crippen molar-refractivity contribution in [2.24, 2.45) is 0 Å². The summed E-state index contributed by atoms with van der Waals surface area (Å²) in [5.74, 6) is 0. The highest BCUT2D eigenvalue weighted by Gasteiger charge is 2.14. The van der Waals surface area contributed by atoms with E-state index in [0.717, 1.165) is 11.1 Å². The molecule has 53 valence electrons. The summed E-state index contributed by atoms with van der Waals surface area (Å²) >= 11 is 0. The van der Waals surface area contributed by atoms with Gasteiger partial charge in [0.1, 0.15) is 0 Å². The number of hydrogen-bond donors (Lipinski definition) is 0. The van der Waals surface area contributed by atoms with Crippen LogP contribution in [0.25, 0.3) is 22.3 Å². The van der Waals surface area contributed by atoms with E-state index in [2.05, 4.69) is 30.3 Å². The zero-order valence-corrected chi connectivity index (χ0v) is 6.39. The van der Waals surface area contributed by atoms with Gasteiger partial charge in [-0.25, -0.2) is 0 Å². The van der Waals surface area contributed by atoms with Crippen molar-refractivity contribution in [1.29, 1.82) is 0 Å². The molecule has 0 heteroatoms. The summed E-state index contributed by atoms with van der Waals surface area (Å²) in [5, 5.41) is 0. The molecule has 0 spiro atoms. The Kier molecular flexibility index (Phi) is 0.991. The molecule has 0 aliphatic heterocycles. The first-order chi connectivity index (χ1) is 5.95. The molecule has 0 atom stereocenters. The summed E-state index contributed by atoms with van der Waals surface area (Å²) in [6, 6.07) is 19.6. The van der Waals surface area contributed by atoms with Gasteiger partial charge < -0.3 is 0 Å². The lowest BCUT2D eigenvalue weighted by Crippen LogP contribution is -1.71. The fraction of sp³-hybridized carbons (Fsp3) is 0. The number of fused-ring (bicyclic) bond motifs is 5. The third kappa shape index (κ3) is 0.620. The zero-order valence-electron chi connectivity index (χ0n) is 6.39. The van der Waals surface area contributed by atoms with Crippen molar-refractivity contribution in [3.8, 4) is 22.3 Å². The molecule has 3 rings (SSSR count). The maximum absolute atomic E-state index is 3.24. The van der Waals surface area contributed by atoms with E-state index in [9.17, 15) is 0 Å². The molecule has 0 amide bonds. The molecule has 2 bridgehead atoms. The Bertz CT molecular complexity index is 403. The number of rotatable bonds is 0. The van der Waals surface area contributed by atoms with Crippen molar-refractivity contribution in [3.63, 3.8) is 0 Å². The smallest absolute Gasteiger partial charge is 0.0000929 e. The average molecular weight is 149 g/mol. The molecule has 1 aliphatic carbocycles. The minimum atomic E-state index is 1.07. The van der Waals surface area contributed by atoms with E-state index in [0.29, 0.717) is 0 Å². The van der Waals surface area contributed by atoms with Crippen molar-refractivity contribution in [2.45, 2.75) is 0 Å². The normalized spacial score (nSPS) is 11.3. The molecule has 0 saturated heterocycles. The number of benzene rings is 2. The molecule has 2 aromatic carbocycles. The largest absolute Gasteiger partial charge is 0.0616 e. The second-order valence-corrected chi connectivity index (χ2v) is 2.85. The van der Waals surface area contributed by atoms with Crippen LogP contribution < -0.4 is 0 Å². The topological polar surface area (TPSA) is 0 Å². The van der Waals surface area contributed by atoms with E-state index in [4.69, 9.17) is 0 Å². The van der Waals surface area contributed by atoms with Crippen LogP contribution >= 0.6 is 0 Å². The van der Waals surface area contributed by atoms with E-state index >= 15 is 0 Å². The molecule has 1 aliphatic rings. The van der Waals surface area contributed by atoms with Gasteiger partial charge in [0.2, 0.25) is 0 Å². The minimum absolute atomic E-state index is 1.07. The van der Waals surface area contributed by atoms with Crippen molar-refractivity contribution < 1.29 is 0 Å². The van der Waals surface area contributed by atoms with Crippen LogP contribution in [0.5, 0.6) is 0 Å². The Morgan fingerprint density at radius 2 is 1.42 bits per heavy atom. The van der Waals surface area contributed by atoms with E-state index in [1.165, 1.54) is 11.1 Å². The van der Waals surface area contributed by atoms with Crippen LogP contribution in [0.15, 0.2) is 30.3 Å². The first kappa shape index (κ1) is 6.01. The van der Waals surface area contributed by atoms with Gasteiger partial charge >= 0.3 is 0 Å². The summed E-state index contributed by atoms with van der Waals surface area (Å²) in [6.45, 7) is 0. The molecule has 0 aromatic heterocycles. The van der Waals surface area contributed by atoms with E-state index < -0.39 is 0 Å². The summed E-state index contributed by atoms with van der Waals surface area (Å²) < 4.78 is 0. The first-order valence-electron chi connectivity index (χ1n) is 3.90. The second kappa shape index (κ2) is 1.98. The van der Waals surface area contributed by atoms with Crippen LogP contribution in [-0.2, 0) is 0 Å². The van der Waals surface area contributed by atoms with E-state index in [-0.39, 0.29) is 0 Å². The molecule has 0 N–H and O–H groups in total. The SMILES string of the molecule is [c]1c[c]c2[c]c1-c1ccccc1-2. The molecular formula is C12H5. The van der Waals surface area contributed by atoms with E-state index in [1.807, 2.05) is 18.2 Å². The van der Waals surface area contributed by atoms with Crippen molar-refractivity contribution in [1.82, 2.24) is 0 Å². The van der Waals surface area contributed by atoms with Gasteiger partial charge in [-0.05, 0) is 46.5 Å². The molecule has 0 saturated carbocycles. The minimum Gasteiger partial charge on any atom is -0.0616 e. The highest BCUT2D eigenvalue weighted by molar-refractivity contribution is 5.89. The van der Waals surface area contributed by atoms with Crippen molar-refractivity contribution >= 4 is 0 Å². The maximum Gasteiger partial charge on any atom is -0.0000929 e. The van der Waals surface area contributed by atoms with Crippen LogP contribution in [0, 0.1) is 18.2 Å². The highest BCUT2D eigenvalue weighted by Crippen LogP contribution is 2.37. The van der Waals surface area contributed by atoms with Crippen molar-refractivity contribution in [3.05, 3.63) is 48.5 Å². The maximum atomic E-state index is 3.24. The lowest BCUT2D eigenvalue weighted by atomic mass is 10.1. The zero-order chi connectivity index (χ0) is 7.97. The fourth-order valence-electron chi connectivity index (χ4n) is 1.59.